The Kier molecular flexibility index (Phi) is 1.97. The van der Waals surface area contributed by atoms with Gasteiger partial charge < -0.3 is 4.42 Å². The number of aromatic nitrogens is 1. The summed E-state index contributed by atoms with van der Waals surface area (Å²) >= 11 is 0. The van der Waals surface area contributed by atoms with Crippen molar-refractivity contribution in [1.82, 2.24) is 4.98 Å². The molecule has 3 heteroatoms. The van der Waals surface area contributed by atoms with E-state index in [9.17, 15) is 4.79 Å². The van der Waals surface area contributed by atoms with Crippen LogP contribution in [0.5, 0.6) is 0 Å². The third-order valence-corrected chi connectivity index (χ3v) is 3.35. The first-order valence-corrected chi connectivity index (χ1v) is 6.04. The SMILES string of the molecule is O=c1oc2c3ccccc3cnc2c2ccccc12. The van der Waals surface area contributed by atoms with Crippen molar-refractivity contribution in [3.05, 3.63) is 65.1 Å². The molecular formula is C16H9NO2. The number of pyridine rings is 1. The lowest BCUT2D eigenvalue weighted by atomic mass is 10.1. The lowest BCUT2D eigenvalue weighted by molar-refractivity contribution is 0.572. The van der Waals surface area contributed by atoms with E-state index in [0.29, 0.717) is 11.0 Å². The van der Waals surface area contributed by atoms with Crippen molar-refractivity contribution in [2.24, 2.45) is 0 Å². The number of nitrogens with zero attached hydrogens (tertiary/aromatic N) is 1. The average molecular weight is 247 g/mol. The van der Waals surface area contributed by atoms with Gasteiger partial charge in [-0.3, -0.25) is 4.98 Å². The predicted octanol–water partition coefficient (Wildman–Crippen LogP) is 3.49. The number of hydrogen-bond donors (Lipinski definition) is 0. The fourth-order valence-corrected chi connectivity index (χ4v) is 2.45. The molecule has 0 amide bonds. The first kappa shape index (κ1) is 10.3. The van der Waals surface area contributed by atoms with E-state index in [1.807, 2.05) is 48.7 Å². The number of rotatable bonds is 0. The van der Waals surface area contributed by atoms with Gasteiger partial charge >= 0.3 is 5.63 Å². The molecule has 0 aliphatic heterocycles. The van der Waals surface area contributed by atoms with E-state index in [1.54, 1.807) is 6.07 Å². The average Bonchev–Trinajstić information content (AvgIpc) is 2.47. The van der Waals surface area contributed by atoms with Crippen molar-refractivity contribution in [3.63, 3.8) is 0 Å². The fourth-order valence-electron chi connectivity index (χ4n) is 2.45. The van der Waals surface area contributed by atoms with Gasteiger partial charge in [0.25, 0.3) is 0 Å². The summed E-state index contributed by atoms with van der Waals surface area (Å²) in [4.78, 5) is 16.5. The van der Waals surface area contributed by atoms with Crippen LogP contribution in [-0.4, -0.2) is 4.98 Å². The molecule has 2 aromatic heterocycles. The van der Waals surface area contributed by atoms with Crippen molar-refractivity contribution in [2.45, 2.75) is 0 Å². The smallest absolute Gasteiger partial charge is 0.344 e. The maximum atomic E-state index is 12.0. The van der Waals surface area contributed by atoms with E-state index in [0.717, 1.165) is 21.7 Å². The predicted molar refractivity (Wildman–Crippen MR) is 75.3 cm³/mol. The van der Waals surface area contributed by atoms with Crippen molar-refractivity contribution >= 4 is 32.6 Å². The quantitative estimate of drug-likeness (QED) is 0.447. The molecule has 4 rings (SSSR count). The fraction of sp³-hybridized carbons (Fsp3) is 0. The molecule has 0 atom stereocenters. The minimum Gasteiger partial charge on any atom is -0.420 e. The summed E-state index contributed by atoms with van der Waals surface area (Å²) in [6, 6.07) is 15.2. The van der Waals surface area contributed by atoms with Crippen LogP contribution >= 0.6 is 0 Å². The molecule has 0 aliphatic carbocycles. The van der Waals surface area contributed by atoms with Crippen LogP contribution in [0.15, 0.2) is 63.9 Å². The zero-order valence-corrected chi connectivity index (χ0v) is 9.96. The minimum atomic E-state index is -0.318. The van der Waals surface area contributed by atoms with Gasteiger partial charge in [0.1, 0.15) is 5.52 Å². The second-order valence-corrected chi connectivity index (χ2v) is 4.46. The highest BCUT2D eigenvalue weighted by molar-refractivity contribution is 6.11. The zero-order valence-electron chi connectivity index (χ0n) is 9.96. The van der Waals surface area contributed by atoms with Gasteiger partial charge in [0.15, 0.2) is 5.58 Å². The van der Waals surface area contributed by atoms with E-state index in [4.69, 9.17) is 4.42 Å². The first-order chi connectivity index (χ1) is 9.34. The standard InChI is InChI=1S/C16H9NO2/c18-16-13-8-4-3-7-12(13)14-15(19-16)11-6-2-1-5-10(11)9-17-14/h1-9H. The molecule has 0 saturated carbocycles. The second-order valence-electron chi connectivity index (χ2n) is 4.46. The van der Waals surface area contributed by atoms with Crippen LogP contribution in [0, 0.1) is 0 Å². The summed E-state index contributed by atoms with van der Waals surface area (Å²) in [6.45, 7) is 0. The Morgan fingerprint density at radius 1 is 0.842 bits per heavy atom. The van der Waals surface area contributed by atoms with E-state index >= 15 is 0 Å². The highest BCUT2D eigenvalue weighted by atomic mass is 16.4. The first-order valence-electron chi connectivity index (χ1n) is 6.04. The molecule has 3 nitrogen and oxygen atoms in total. The van der Waals surface area contributed by atoms with E-state index in [-0.39, 0.29) is 5.63 Å². The molecule has 4 aromatic rings. The van der Waals surface area contributed by atoms with Gasteiger partial charge in [-0.25, -0.2) is 4.79 Å². The molecule has 0 fully saturated rings. The summed E-state index contributed by atoms with van der Waals surface area (Å²) in [5.41, 5.74) is 0.969. The zero-order chi connectivity index (χ0) is 12.8. The van der Waals surface area contributed by atoms with Crippen LogP contribution in [0.25, 0.3) is 32.6 Å². The summed E-state index contributed by atoms with van der Waals surface area (Å²) in [6.07, 6.45) is 1.81. The third-order valence-electron chi connectivity index (χ3n) is 3.35. The Morgan fingerprint density at radius 2 is 1.53 bits per heavy atom. The number of benzene rings is 2. The summed E-state index contributed by atoms with van der Waals surface area (Å²) in [7, 11) is 0. The topological polar surface area (TPSA) is 43.1 Å². The maximum Gasteiger partial charge on any atom is 0.344 e. The van der Waals surface area contributed by atoms with Gasteiger partial charge in [0.2, 0.25) is 0 Å². The Labute approximate surface area is 108 Å². The van der Waals surface area contributed by atoms with Crippen molar-refractivity contribution in [1.29, 1.82) is 0 Å². The molecule has 90 valence electrons. The third kappa shape index (κ3) is 1.38. The molecule has 0 unspecified atom stereocenters. The largest absolute Gasteiger partial charge is 0.420 e. The van der Waals surface area contributed by atoms with Crippen LogP contribution in [0.2, 0.25) is 0 Å². The molecule has 0 spiro atoms. The highest BCUT2D eigenvalue weighted by Gasteiger charge is 2.10. The van der Waals surface area contributed by atoms with Crippen LogP contribution in [0.4, 0.5) is 0 Å². The Morgan fingerprint density at radius 3 is 2.37 bits per heavy atom. The van der Waals surface area contributed by atoms with E-state index < -0.39 is 0 Å². The van der Waals surface area contributed by atoms with Crippen molar-refractivity contribution in [3.8, 4) is 0 Å². The maximum absolute atomic E-state index is 12.0. The Balaban J connectivity index is 2.37. The van der Waals surface area contributed by atoms with E-state index in [1.165, 1.54) is 0 Å². The van der Waals surface area contributed by atoms with Crippen molar-refractivity contribution < 1.29 is 4.42 Å². The summed E-state index contributed by atoms with van der Waals surface area (Å²) < 4.78 is 5.47. The van der Waals surface area contributed by atoms with Crippen LogP contribution in [0.1, 0.15) is 0 Å². The molecule has 0 N–H and O–H groups in total. The molecule has 0 saturated heterocycles. The number of hydrogen-bond acceptors (Lipinski definition) is 3. The molecule has 2 heterocycles. The lowest BCUT2D eigenvalue weighted by Crippen LogP contribution is -2.00. The molecule has 0 bridgehead atoms. The second kappa shape index (κ2) is 3.65. The van der Waals surface area contributed by atoms with Crippen LogP contribution in [-0.2, 0) is 0 Å². The lowest BCUT2D eigenvalue weighted by Gasteiger charge is -2.04. The van der Waals surface area contributed by atoms with Gasteiger partial charge in [-0.2, -0.15) is 0 Å². The van der Waals surface area contributed by atoms with Crippen LogP contribution < -0.4 is 5.63 Å². The molecule has 2 aromatic carbocycles. The minimum absolute atomic E-state index is 0.318. The Hall–Kier alpha value is -2.68. The molecule has 0 aliphatic rings. The van der Waals surface area contributed by atoms with Gasteiger partial charge in [0.05, 0.1) is 5.39 Å². The Bertz CT molecular complexity index is 986. The van der Waals surface area contributed by atoms with Gasteiger partial charge in [-0.05, 0) is 6.07 Å². The summed E-state index contributed by atoms with van der Waals surface area (Å²) in [5, 5.41) is 3.28. The van der Waals surface area contributed by atoms with E-state index in [2.05, 4.69) is 4.98 Å². The molecular weight excluding hydrogens is 238 g/mol. The van der Waals surface area contributed by atoms with Gasteiger partial charge in [-0.1, -0.05) is 42.5 Å². The summed E-state index contributed by atoms with van der Waals surface area (Å²) in [5.74, 6) is 0. The van der Waals surface area contributed by atoms with Gasteiger partial charge in [-0.15, -0.1) is 0 Å². The van der Waals surface area contributed by atoms with Crippen molar-refractivity contribution in [2.75, 3.05) is 0 Å². The van der Waals surface area contributed by atoms with Gasteiger partial charge in [0, 0.05) is 22.4 Å². The normalized spacial score (nSPS) is 11.4. The molecule has 19 heavy (non-hydrogen) atoms. The molecule has 0 radical (unpaired) electrons. The monoisotopic (exact) mass is 247 g/mol. The van der Waals surface area contributed by atoms with Crippen LogP contribution in [0.3, 0.4) is 0 Å². The highest BCUT2D eigenvalue weighted by Crippen LogP contribution is 2.26. The number of fused-ring (bicyclic) bond motifs is 5.